The third-order valence-corrected chi connectivity index (χ3v) is 4.46. The van der Waals surface area contributed by atoms with Gasteiger partial charge in [0.25, 0.3) is 0 Å². The Balaban J connectivity index is 1.61. The molecular weight excluding hydrogens is 300 g/mol. The molecule has 0 unspecified atom stereocenters. The highest BCUT2D eigenvalue weighted by Crippen LogP contribution is 2.23. The molecule has 0 spiro atoms. The Labute approximate surface area is 133 Å². The Morgan fingerprint density at radius 3 is 2.95 bits per heavy atom. The highest BCUT2D eigenvalue weighted by Gasteiger charge is 2.27. The molecule has 116 valence electrons. The van der Waals surface area contributed by atoms with Crippen molar-refractivity contribution in [2.75, 3.05) is 18.1 Å². The van der Waals surface area contributed by atoms with Crippen molar-refractivity contribution >= 4 is 23.1 Å². The van der Waals surface area contributed by atoms with Gasteiger partial charge in [-0.15, -0.1) is 16.4 Å². The topological polar surface area (TPSA) is 68.2 Å². The average Bonchev–Trinajstić information content (AvgIpc) is 3.14. The summed E-state index contributed by atoms with van der Waals surface area (Å²) >= 11 is 1.45. The van der Waals surface area contributed by atoms with Gasteiger partial charge < -0.3 is 9.64 Å². The highest BCUT2D eigenvalue weighted by atomic mass is 32.1. The van der Waals surface area contributed by atoms with Crippen molar-refractivity contribution in [3.63, 3.8) is 0 Å². The van der Waals surface area contributed by atoms with Crippen LogP contribution >= 0.6 is 11.3 Å². The van der Waals surface area contributed by atoms with E-state index in [0.717, 1.165) is 35.9 Å². The Morgan fingerprint density at radius 1 is 1.41 bits per heavy atom. The van der Waals surface area contributed by atoms with Crippen LogP contribution in [0.25, 0.3) is 0 Å². The first-order valence-corrected chi connectivity index (χ1v) is 8.17. The molecule has 0 saturated carbocycles. The lowest BCUT2D eigenvalue weighted by molar-refractivity contribution is 0.0476. The van der Waals surface area contributed by atoms with Gasteiger partial charge in [-0.1, -0.05) is 0 Å². The van der Waals surface area contributed by atoms with E-state index in [-0.39, 0.29) is 12.0 Å². The van der Waals surface area contributed by atoms with Gasteiger partial charge in [0.05, 0.1) is 16.7 Å². The van der Waals surface area contributed by atoms with E-state index in [0.29, 0.717) is 12.3 Å². The lowest BCUT2D eigenvalue weighted by Gasteiger charge is -2.24. The predicted octanol–water partition coefficient (Wildman–Crippen LogP) is 2.38. The molecule has 0 bridgehead atoms. The number of carbonyl (C=O) groups excluding carboxylic acids is 1. The largest absolute Gasteiger partial charge is 0.459 e. The fourth-order valence-electron chi connectivity index (χ4n) is 2.56. The molecule has 0 amide bonds. The summed E-state index contributed by atoms with van der Waals surface area (Å²) in [5, 5.41) is 10.9. The lowest BCUT2D eigenvalue weighted by atomic mass is 10.2. The molecule has 0 aliphatic carbocycles. The van der Waals surface area contributed by atoms with Crippen LogP contribution in [0.4, 0.5) is 5.82 Å². The molecule has 2 aromatic rings. The van der Waals surface area contributed by atoms with Gasteiger partial charge in [0.2, 0.25) is 0 Å². The molecule has 2 aromatic heterocycles. The van der Waals surface area contributed by atoms with Crippen molar-refractivity contribution in [2.45, 2.75) is 32.7 Å². The molecule has 3 heterocycles. The molecule has 1 atom stereocenters. The van der Waals surface area contributed by atoms with Crippen LogP contribution in [0.5, 0.6) is 0 Å². The molecule has 1 aliphatic heterocycles. The number of hydrogen-bond acceptors (Lipinski definition) is 7. The van der Waals surface area contributed by atoms with Crippen LogP contribution in [-0.2, 0) is 4.74 Å². The quantitative estimate of drug-likeness (QED) is 0.806. The van der Waals surface area contributed by atoms with E-state index < -0.39 is 0 Å². The molecule has 1 saturated heterocycles. The molecule has 1 aliphatic rings. The fraction of sp³-hybridized carbons (Fsp3) is 0.467. The van der Waals surface area contributed by atoms with Crippen LogP contribution in [0, 0.1) is 13.8 Å². The van der Waals surface area contributed by atoms with E-state index in [2.05, 4.69) is 20.1 Å². The third kappa shape index (κ3) is 3.24. The fourth-order valence-corrected chi connectivity index (χ4v) is 3.14. The predicted molar refractivity (Wildman–Crippen MR) is 84.3 cm³/mol. The zero-order valence-corrected chi connectivity index (χ0v) is 13.5. The number of rotatable bonds is 4. The van der Waals surface area contributed by atoms with Crippen molar-refractivity contribution in [2.24, 2.45) is 0 Å². The SMILES string of the molecule is Cc1ccc(N2CCC[C@H]2COC(=O)c2csc(C)n2)nn1. The van der Waals surface area contributed by atoms with Crippen LogP contribution in [-0.4, -0.2) is 40.3 Å². The van der Waals surface area contributed by atoms with Crippen LogP contribution in [0.3, 0.4) is 0 Å². The van der Waals surface area contributed by atoms with E-state index in [1.807, 2.05) is 26.0 Å². The zero-order chi connectivity index (χ0) is 15.5. The van der Waals surface area contributed by atoms with Crippen LogP contribution in [0.2, 0.25) is 0 Å². The molecule has 3 rings (SSSR count). The second kappa shape index (κ2) is 6.39. The number of thiazole rings is 1. The number of hydrogen-bond donors (Lipinski definition) is 0. The van der Waals surface area contributed by atoms with Gasteiger partial charge in [-0.2, -0.15) is 5.10 Å². The van der Waals surface area contributed by atoms with Gasteiger partial charge in [-0.05, 0) is 38.8 Å². The van der Waals surface area contributed by atoms with Gasteiger partial charge in [0.15, 0.2) is 11.5 Å². The standard InChI is InChI=1S/C15H18N4O2S/c1-10-5-6-14(18-17-10)19-7-3-4-12(19)8-21-15(20)13-9-22-11(2)16-13/h5-6,9,12H,3-4,7-8H2,1-2H3/t12-/m0/s1. The minimum absolute atomic E-state index is 0.153. The smallest absolute Gasteiger partial charge is 0.357 e. The van der Waals surface area contributed by atoms with Crippen LogP contribution < -0.4 is 4.90 Å². The van der Waals surface area contributed by atoms with Gasteiger partial charge >= 0.3 is 5.97 Å². The summed E-state index contributed by atoms with van der Waals surface area (Å²) in [4.78, 5) is 18.3. The molecule has 1 fully saturated rings. The second-order valence-corrected chi connectivity index (χ2v) is 6.43. The number of nitrogens with zero attached hydrogens (tertiary/aromatic N) is 4. The Morgan fingerprint density at radius 2 is 2.27 bits per heavy atom. The van der Waals surface area contributed by atoms with Crippen LogP contribution in [0.15, 0.2) is 17.5 Å². The van der Waals surface area contributed by atoms with Crippen molar-refractivity contribution in [1.82, 2.24) is 15.2 Å². The lowest BCUT2D eigenvalue weighted by Crippen LogP contribution is -2.34. The number of aryl methyl sites for hydroxylation is 2. The second-order valence-electron chi connectivity index (χ2n) is 5.37. The molecule has 0 radical (unpaired) electrons. The minimum atomic E-state index is -0.355. The number of ether oxygens (including phenoxy) is 1. The summed E-state index contributed by atoms with van der Waals surface area (Å²) in [6.45, 7) is 5.05. The van der Waals surface area contributed by atoms with E-state index in [1.54, 1.807) is 5.38 Å². The molecule has 6 nitrogen and oxygen atoms in total. The van der Waals surface area contributed by atoms with E-state index in [9.17, 15) is 4.79 Å². The molecule has 0 aromatic carbocycles. The normalized spacial score (nSPS) is 17.7. The summed E-state index contributed by atoms with van der Waals surface area (Å²) < 4.78 is 5.42. The van der Waals surface area contributed by atoms with E-state index in [1.165, 1.54) is 11.3 Å². The first-order valence-electron chi connectivity index (χ1n) is 7.30. The Kier molecular flexibility index (Phi) is 4.33. The van der Waals surface area contributed by atoms with E-state index >= 15 is 0 Å². The summed E-state index contributed by atoms with van der Waals surface area (Å²) in [7, 11) is 0. The zero-order valence-electron chi connectivity index (χ0n) is 12.7. The maximum absolute atomic E-state index is 12.0. The molecule has 22 heavy (non-hydrogen) atoms. The van der Waals surface area contributed by atoms with Gasteiger partial charge in [-0.3, -0.25) is 0 Å². The monoisotopic (exact) mass is 318 g/mol. The third-order valence-electron chi connectivity index (χ3n) is 3.69. The first kappa shape index (κ1) is 14.9. The number of esters is 1. The van der Waals surface area contributed by atoms with Crippen molar-refractivity contribution in [1.29, 1.82) is 0 Å². The highest BCUT2D eigenvalue weighted by molar-refractivity contribution is 7.09. The maximum Gasteiger partial charge on any atom is 0.357 e. The van der Waals surface area contributed by atoms with E-state index in [4.69, 9.17) is 4.74 Å². The maximum atomic E-state index is 12.0. The van der Waals surface area contributed by atoms with Crippen molar-refractivity contribution in [3.05, 3.63) is 33.9 Å². The minimum Gasteiger partial charge on any atom is -0.459 e. The number of anilines is 1. The number of aromatic nitrogens is 3. The number of carbonyl (C=O) groups is 1. The molecule has 7 heteroatoms. The Hall–Kier alpha value is -2.02. The summed E-state index contributed by atoms with van der Waals surface area (Å²) in [6.07, 6.45) is 2.05. The van der Waals surface area contributed by atoms with Crippen molar-refractivity contribution < 1.29 is 9.53 Å². The molecular formula is C15H18N4O2S. The summed E-state index contributed by atoms with van der Waals surface area (Å²) in [6, 6.07) is 4.06. The molecule has 0 N–H and O–H groups in total. The summed E-state index contributed by atoms with van der Waals surface area (Å²) in [5.41, 5.74) is 1.28. The van der Waals surface area contributed by atoms with Gasteiger partial charge in [-0.25, -0.2) is 9.78 Å². The average molecular weight is 318 g/mol. The van der Waals surface area contributed by atoms with Gasteiger partial charge in [0.1, 0.15) is 6.61 Å². The van der Waals surface area contributed by atoms with Gasteiger partial charge in [0, 0.05) is 11.9 Å². The Bertz CT molecular complexity index is 656. The summed E-state index contributed by atoms with van der Waals surface area (Å²) in [5.74, 6) is 0.486. The van der Waals surface area contributed by atoms with Crippen molar-refractivity contribution in [3.8, 4) is 0 Å². The van der Waals surface area contributed by atoms with Crippen LogP contribution in [0.1, 0.15) is 34.0 Å². The first-order chi connectivity index (χ1) is 10.6.